The minimum Gasteiger partial charge on any atom is -0.465 e. The van der Waals surface area contributed by atoms with Crippen LogP contribution < -0.4 is 15.7 Å². The summed E-state index contributed by atoms with van der Waals surface area (Å²) in [6, 6.07) is 18.5. The molecule has 2 aromatic rings. The van der Waals surface area contributed by atoms with E-state index in [1.165, 1.54) is 14.0 Å². The lowest BCUT2D eigenvalue weighted by Crippen LogP contribution is -2.69. The maximum Gasteiger partial charge on any atom is 0.366 e. The molecule has 220 valence electrons. The number of carbonyl (C=O) groups is 2. The SMILES string of the molecule is COC(=O)[C@]1(OC)C[C@H](O)[C@@H](NC(C)=O)[C@H]([C@H](O)[C@H](O)CO[Si](c2ccccc2)(c2ccccc2)C(C)(C)C)O1. The highest BCUT2D eigenvalue weighted by molar-refractivity contribution is 6.99. The Morgan fingerprint density at radius 2 is 1.57 bits per heavy atom. The fraction of sp³-hybridized carbons (Fsp3) is 0.517. The number of hydrogen-bond donors (Lipinski definition) is 4. The van der Waals surface area contributed by atoms with Crippen LogP contribution in [0.4, 0.5) is 0 Å². The van der Waals surface area contributed by atoms with Crippen LogP contribution in [0.2, 0.25) is 5.04 Å². The fourth-order valence-corrected chi connectivity index (χ4v) is 10.0. The number of hydrogen-bond acceptors (Lipinski definition) is 9. The first-order valence-electron chi connectivity index (χ1n) is 13.2. The summed E-state index contributed by atoms with van der Waals surface area (Å²) in [4.78, 5) is 24.5. The highest BCUT2D eigenvalue weighted by Gasteiger charge is 2.56. The van der Waals surface area contributed by atoms with Gasteiger partial charge in [-0.2, -0.15) is 0 Å². The zero-order chi connectivity index (χ0) is 29.7. The van der Waals surface area contributed by atoms with E-state index in [0.717, 1.165) is 17.5 Å². The van der Waals surface area contributed by atoms with Crippen molar-refractivity contribution in [1.29, 1.82) is 0 Å². The van der Waals surface area contributed by atoms with Crippen LogP contribution in [-0.4, -0.2) is 92.6 Å². The van der Waals surface area contributed by atoms with Gasteiger partial charge in [-0.1, -0.05) is 81.4 Å². The fourth-order valence-electron chi connectivity index (χ4n) is 5.45. The number of amides is 1. The van der Waals surface area contributed by atoms with Crippen molar-refractivity contribution in [3.63, 3.8) is 0 Å². The molecular formula is C29H41NO9Si. The first-order valence-corrected chi connectivity index (χ1v) is 15.1. The number of methoxy groups -OCH3 is 2. The number of nitrogens with one attached hydrogen (secondary N) is 1. The van der Waals surface area contributed by atoms with E-state index in [4.69, 9.17) is 18.6 Å². The highest BCUT2D eigenvalue weighted by atomic mass is 28.4. The van der Waals surface area contributed by atoms with E-state index >= 15 is 0 Å². The van der Waals surface area contributed by atoms with Gasteiger partial charge in [-0.25, -0.2) is 4.79 Å². The van der Waals surface area contributed by atoms with Crippen LogP contribution in [0.1, 0.15) is 34.1 Å². The molecule has 0 aromatic heterocycles. The van der Waals surface area contributed by atoms with E-state index in [0.29, 0.717) is 0 Å². The number of ether oxygens (including phenoxy) is 3. The molecule has 1 aliphatic rings. The molecule has 1 fully saturated rings. The second kappa shape index (κ2) is 12.9. The lowest BCUT2D eigenvalue weighted by molar-refractivity contribution is -0.304. The van der Waals surface area contributed by atoms with Crippen molar-refractivity contribution < 1.29 is 43.5 Å². The molecule has 0 spiro atoms. The van der Waals surface area contributed by atoms with Gasteiger partial charge in [0, 0.05) is 20.5 Å². The normalized spacial score (nSPS) is 25.1. The molecule has 3 rings (SSSR count). The average molecular weight is 576 g/mol. The van der Waals surface area contributed by atoms with E-state index < -0.39 is 56.4 Å². The summed E-state index contributed by atoms with van der Waals surface area (Å²) in [5.41, 5.74) is 0. The van der Waals surface area contributed by atoms with E-state index in [1.807, 2.05) is 60.7 Å². The Morgan fingerprint density at radius 1 is 1.05 bits per heavy atom. The molecule has 1 amide bonds. The van der Waals surface area contributed by atoms with Gasteiger partial charge in [0.15, 0.2) is 0 Å². The molecule has 40 heavy (non-hydrogen) atoms. The maximum atomic E-state index is 12.6. The molecule has 2 aromatic carbocycles. The summed E-state index contributed by atoms with van der Waals surface area (Å²) in [5.74, 6) is -3.47. The predicted molar refractivity (Wildman–Crippen MR) is 150 cm³/mol. The van der Waals surface area contributed by atoms with Gasteiger partial charge < -0.3 is 39.3 Å². The third-order valence-electron chi connectivity index (χ3n) is 7.39. The number of aliphatic hydroxyl groups is 3. The van der Waals surface area contributed by atoms with Crippen LogP contribution >= 0.6 is 0 Å². The largest absolute Gasteiger partial charge is 0.465 e. The summed E-state index contributed by atoms with van der Waals surface area (Å²) in [5, 5.41) is 37.7. The summed E-state index contributed by atoms with van der Waals surface area (Å²) in [6.45, 7) is 7.20. The number of aliphatic hydroxyl groups excluding tert-OH is 3. The van der Waals surface area contributed by atoms with Crippen molar-refractivity contribution in [2.45, 2.75) is 75.4 Å². The van der Waals surface area contributed by atoms with Gasteiger partial charge in [-0.15, -0.1) is 0 Å². The Labute approximate surface area is 236 Å². The van der Waals surface area contributed by atoms with E-state index in [1.54, 1.807) is 0 Å². The molecule has 0 unspecified atom stereocenters. The number of benzene rings is 2. The molecule has 6 atom stereocenters. The second-order valence-electron chi connectivity index (χ2n) is 11.1. The molecule has 4 N–H and O–H groups in total. The Balaban J connectivity index is 1.98. The molecule has 1 heterocycles. The topological polar surface area (TPSA) is 144 Å². The van der Waals surface area contributed by atoms with Crippen molar-refractivity contribution >= 4 is 30.6 Å². The summed E-state index contributed by atoms with van der Waals surface area (Å²) < 4.78 is 22.7. The molecule has 0 saturated carbocycles. The Morgan fingerprint density at radius 3 is 2.00 bits per heavy atom. The van der Waals surface area contributed by atoms with Gasteiger partial charge in [0.05, 0.1) is 25.9 Å². The molecule has 0 aliphatic carbocycles. The zero-order valence-corrected chi connectivity index (χ0v) is 24.9. The van der Waals surface area contributed by atoms with Crippen molar-refractivity contribution in [3.05, 3.63) is 60.7 Å². The molecular weight excluding hydrogens is 534 g/mol. The highest BCUT2D eigenvalue weighted by Crippen LogP contribution is 2.38. The van der Waals surface area contributed by atoms with Crippen LogP contribution in [0.3, 0.4) is 0 Å². The molecule has 0 bridgehead atoms. The predicted octanol–water partition coefficient (Wildman–Crippen LogP) is 0.455. The third kappa shape index (κ3) is 6.31. The molecule has 1 saturated heterocycles. The zero-order valence-electron chi connectivity index (χ0n) is 23.9. The standard InChI is InChI=1S/C29H41NO9Si/c1-19(31)30-24-22(32)17-29(37-6,27(35)36-5)39-26(24)25(34)23(33)18-38-40(28(2,3)4,20-13-9-7-10-14-20)21-15-11-8-12-16-21/h7-16,22-26,32-34H,17-18H2,1-6H3,(H,30,31)/t22-,23+,24+,25+,26+,29-/m0/s1. The summed E-state index contributed by atoms with van der Waals surface area (Å²) in [7, 11) is -0.714. The Bertz CT molecular complexity index is 1090. The lowest BCUT2D eigenvalue weighted by Gasteiger charge is -2.47. The van der Waals surface area contributed by atoms with Gasteiger partial charge in [-0.3, -0.25) is 4.79 Å². The van der Waals surface area contributed by atoms with Gasteiger partial charge in [-0.05, 0) is 15.4 Å². The van der Waals surface area contributed by atoms with Gasteiger partial charge in [0.25, 0.3) is 14.1 Å². The first kappa shape index (κ1) is 31.9. The quantitative estimate of drug-likeness (QED) is 0.235. The van der Waals surface area contributed by atoms with Gasteiger partial charge in [0.2, 0.25) is 5.91 Å². The van der Waals surface area contributed by atoms with Gasteiger partial charge >= 0.3 is 5.97 Å². The van der Waals surface area contributed by atoms with Crippen molar-refractivity contribution in [3.8, 4) is 0 Å². The molecule has 11 heteroatoms. The minimum absolute atomic E-state index is 0.296. The van der Waals surface area contributed by atoms with Crippen molar-refractivity contribution in [2.24, 2.45) is 0 Å². The van der Waals surface area contributed by atoms with E-state index in [2.05, 4.69) is 26.1 Å². The van der Waals surface area contributed by atoms with Crippen LogP contribution in [0, 0.1) is 0 Å². The minimum atomic E-state index is -3.05. The van der Waals surface area contributed by atoms with Crippen molar-refractivity contribution in [1.82, 2.24) is 5.32 Å². The second-order valence-corrected chi connectivity index (χ2v) is 15.4. The smallest absolute Gasteiger partial charge is 0.366 e. The third-order valence-corrected chi connectivity index (χ3v) is 12.4. The van der Waals surface area contributed by atoms with Crippen LogP contribution in [0.15, 0.2) is 60.7 Å². The maximum absolute atomic E-state index is 12.6. The van der Waals surface area contributed by atoms with E-state index in [-0.39, 0.29) is 18.1 Å². The van der Waals surface area contributed by atoms with Gasteiger partial charge in [0.1, 0.15) is 18.3 Å². The average Bonchev–Trinajstić information content (AvgIpc) is 2.93. The van der Waals surface area contributed by atoms with E-state index in [9.17, 15) is 24.9 Å². The Hall–Kier alpha value is -2.64. The summed E-state index contributed by atoms with van der Waals surface area (Å²) >= 11 is 0. The lowest BCUT2D eigenvalue weighted by atomic mass is 9.88. The molecule has 1 aliphatic heterocycles. The van der Waals surface area contributed by atoms with Crippen molar-refractivity contribution in [2.75, 3.05) is 20.8 Å². The molecule has 10 nitrogen and oxygen atoms in total. The first-order chi connectivity index (χ1) is 18.8. The van der Waals surface area contributed by atoms with Crippen LogP contribution in [0.25, 0.3) is 0 Å². The molecule has 0 radical (unpaired) electrons. The van der Waals surface area contributed by atoms with Crippen LogP contribution in [0.5, 0.6) is 0 Å². The van der Waals surface area contributed by atoms with Crippen LogP contribution in [-0.2, 0) is 28.2 Å². The summed E-state index contributed by atoms with van der Waals surface area (Å²) in [6.07, 6.45) is -6.38. The number of carbonyl (C=O) groups excluding carboxylic acids is 2. The number of esters is 1. The monoisotopic (exact) mass is 575 g/mol. The number of rotatable bonds is 10. The Kier molecular flexibility index (Phi) is 10.3.